The highest BCUT2D eigenvalue weighted by atomic mass is 32.2. The van der Waals surface area contributed by atoms with Crippen molar-refractivity contribution >= 4 is 57.6 Å². The maximum atomic E-state index is 2.53. The van der Waals surface area contributed by atoms with Crippen molar-refractivity contribution in [2.45, 2.75) is 29.1 Å². The van der Waals surface area contributed by atoms with Gasteiger partial charge in [-0.15, -0.1) is 0 Å². The van der Waals surface area contributed by atoms with Gasteiger partial charge in [-0.3, -0.25) is 0 Å². The molecule has 48 heavy (non-hydrogen) atoms. The second-order valence-corrected chi connectivity index (χ2v) is 18.4. The van der Waals surface area contributed by atoms with E-state index >= 15 is 0 Å². The van der Waals surface area contributed by atoms with Crippen molar-refractivity contribution in [1.82, 2.24) is 0 Å². The van der Waals surface area contributed by atoms with E-state index in [1.54, 1.807) is 0 Å². The number of rotatable bonds is 2. The zero-order valence-corrected chi connectivity index (χ0v) is 28.8. The fraction of sp³-hybridized carbons (Fsp3) is 0.0667. The normalized spacial score (nSPS) is 15.5. The maximum Gasteiger partial charge on any atom is 0.183 e. The maximum absolute atomic E-state index is 2.53. The average molecular weight is 648 g/mol. The van der Waals surface area contributed by atoms with Crippen LogP contribution >= 0.6 is 11.8 Å². The summed E-state index contributed by atoms with van der Waals surface area (Å²) in [6.07, 6.45) is 0. The van der Waals surface area contributed by atoms with Gasteiger partial charge >= 0.3 is 0 Å². The first-order valence-electron chi connectivity index (χ1n) is 16.8. The Morgan fingerprint density at radius 2 is 0.958 bits per heavy atom. The molecule has 1 nitrogen and oxygen atoms in total. The molecule has 7 aromatic rings. The molecule has 0 saturated heterocycles. The largest absolute Gasteiger partial charge is 0.310 e. The Balaban J connectivity index is 1.13. The molecule has 7 aromatic carbocycles. The summed E-state index contributed by atoms with van der Waals surface area (Å²) < 4.78 is 0. The monoisotopic (exact) mass is 647 g/mol. The number of para-hydroxylation sites is 2. The van der Waals surface area contributed by atoms with Gasteiger partial charge in [0.15, 0.2) is 8.07 Å². The van der Waals surface area contributed by atoms with E-state index in [2.05, 4.69) is 183 Å². The molecule has 0 aliphatic carbocycles. The number of nitrogens with zero attached hydrogens (tertiary/aromatic N) is 1. The lowest BCUT2D eigenvalue weighted by molar-refractivity contribution is 0.632. The third kappa shape index (κ3) is 3.69. The van der Waals surface area contributed by atoms with Gasteiger partial charge in [-0.2, -0.15) is 0 Å². The second kappa shape index (κ2) is 10.2. The van der Waals surface area contributed by atoms with Gasteiger partial charge in [0.25, 0.3) is 0 Å². The first kappa shape index (κ1) is 28.0. The van der Waals surface area contributed by atoms with Gasteiger partial charge in [0.2, 0.25) is 0 Å². The van der Waals surface area contributed by atoms with Crippen LogP contribution in [0.25, 0.3) is 22.3 Å². The van der Waals surface area contributed by atoms with Crippen molar-refractivity contribution in [2.75, 3.05) is 4.90 Å². The molecule has 0 bridgehead atoms. The summed E-state index contributed by atoms with van der Waals surface area (Å²) >= 11 is 1.93. The second-order valence-electron chi connectivity index (χ2n) is 13.7. The van der Waals surface area contributed by atoms with Crippen molar-refractivity contribution < 1.29 is 0 Å². The molecule has 3 aliphatic rings. The van der Waals surface area contributed by atoms with Crippen molar-refractivity contribution in [3.05, 3.63) is 175 Å². The van der Waals surface area contributed by atoms with Gasteiger partial charge in [-0.1, -0.05) is 153 Å². The lowest BCUT2D eigenvalue weighted by atomic mass is 9.73. The number of fused-ring (bicyclic) bond motifs is 11. The van der Waals surface area contributed by atoms with Gasteiger partial charge in [-0.25, -0.2) is 0 Å². The summed E-state index contributed by atoms with van der Waals surface area (Å²) in [4.78, 5) is 5.22. The fourth-order valence-electron chi connectivity index (χ4n) is 8.79. The SMILES string of the molecule is CC1(C)c2ccccc2N(c2ccc(-c3ccc4c(c3)[Si]3(c5ccccc5S4)c4ccccc4-c4ccccc43)cc2)c2ccccc21. The number of anilines is 3. The van der Waals surface area contributed by atoms with E-state index in [0.29, 0.717) is 0 Å². The van der Waals surface area contributed by atoms with E-state index in [4.69, 9.17) is 0 Å². The van der Waals surface area contributed by atoms with Gasteiger partial charge in [-0.05, 0) is 90.5 Å². The van der Waals surface area contributed by atoms with Crippen molar-refractivity contribution in [1.29, 1.82) is 0 Å². The van der Waals surface area contributed by atoms with Crippen LogP contribution in [0.3, 0.4) is 0 Å². The Hall–Kier alpha value is -5.09. The molecule has 0 fully saturated rings. The molecule has 0 atom stereocenters. The minimum atomic E-state index is -2.53. The van der Waals surface area contributed by atoms with Gasteiger partial charge < -0.3 is 4.90 Å². The fourth-order valence-corrected chi connectivity index (χ4v) is 16.2. The molecular weight excluding hydrogens is 615 g/mol. The summed E-state index contributed by atoms with van der Waals surface area (Å²) in [7, 11) is -2.53. The summed E-state index contributed by atoms with van der Waals surface area (Å²) in [6, 6.07) is 61.8. The van der Waals surface area contributed by atoms with Crippen LogP contribution in [0.2, 0.25) is 0 Å². The minimum Gasteiger partial charge on any atom is -0.310 e. The Morgan fingerprint density at radius 1 is 0.458 bits per heavy atom. The lowest BCUT2D eigenvalue weighted by Crippen LogP contribution is -2.74. The predicted octanol–water partition coefficient (Wildman–Crippen LogP) is 9.29. The minimum absolute atomic E-state index is 0.0687. The van der Waals surface area contributed by atoms with Gasteiger partial charge in [0.1, 0.15) is 0 Å². The Morgan fingerprint density at radius 3 is 1.60 bits per heavy atom. The molecule has 0 aromatic heterocycles. The van der Waals surface area contributed by atoms with E-state index < -0.39 is 8.07 Å². The lowest BCUT2D eigenvalue weighted by Gasteiger charge is -2.42. The summed E-state index contributed by atoms with van der Waals surface area (Å²) in [5.74, 6) is 0. The van der Waals surface area contributed by atoms with E-state index in [1.807, 2.05) is 11.8 Å². The number of hydrogen-bond donors (Lipinski definition) is 0. The highest BCUT2D eigenvalue weighted by Crippen LogP contribution is 2.51. The number of benzene rings is 7. The molecule has 228 valence electrons. The number of hydrogen-bond acceptors (Lipinski definition) is 2. The molecule has 10 rings (SSSR count). The quantitative estimate of drug-likeness (QED) is 0.172. The van der Waals surface area contributed by atoms with Crippen LogP contribution < -0.4 is 25.6 Å². The summed E-state index contributed by atoms with van der Waals surface area (Å²) in [5.41, 5.74) is 11.6. The molecule has 0 N–H and O–H groups in total. The van der Waals surface area contributed by atoms with Crippen LogP contribution in [-0.4, -0.2) is 8.07 Å². The van der Waals surface area contributed by atoms with E-state index in [1.165, 1.54) is 81.0 Å². The summed E-state index contributed by atoms with van der Waals surface area (Å²) in [5, 5.41) is 6.04. The topological polar surface area (TPSA) is 3.24 Å². The van der Waals surface area contributed by atoms with Crippen LogP contribution in [-0.2, 0) is 5.41 Å². The first-order chi connectivity index (χ1) is 23.6. The van der Waals surface area contributed by atoms with Crippen LogP contribution in [0.1, 0.15) is 25.0 Å². The summed E-state index contributed by atoms with van der Waals surface area (Å²) in [6.45, 7) is 4.68. The van der Waals surface area contributed by atoms with Gasteiger partial charge in [0, 0.05) is 20.9 Å². The molecule has 0 amide bonds. The highest BCUT2D eigenvalue weighted by molar-refractivity contribution is 8.00. The molecule has 0 saturated carbocycles. The van der Waals surface area contributed by atoms with Crippen LogP contribution in [0.4, 0.5) is 17.1 Å². The first-order valence-corrected chi connectivity index (χ1v) is 19.6. The molecule has 0 unspecified atom stereocenters. The molecule has 3 heterocycles. The van der Waals surface area contributed by atoms with Crippen molar-refractivity contribution in [3.8, 4) is 22.3 Å². The Kier molecular flexibility index (Phi) is 5.94. The van der Waals surface area contributed by atoms with Crippen molar-refractivity contribution in [3.63, 3.8) is 0 Å². The van der Waals surface area contributed by atoms with E-state index in [-0.39, 0.29) is 5.41 Å². The van der Waals surface area contributed by atoms with E-state index in [9.17, 15) is 0 Å². The smallest absolute Gasteiger partial charge is 0.183 e. The zero-order chi connectivity index (χ0) is 32.0. The Labute approximate surface area is 287 Å². The third-order valence-corrected chi connectivity index (χ3v) is 17.4. The van der Waals surface area contributed by atoms with Gasteiger partial charge in [0.05, 0.1) is 11.4 Å². The standard InChI is InChI=1S/C45H33NSSi/c1-45(2)35-15-5-7-17-37(35)46(38-18-8-6-16-36(38)45)32-26-23-30(24-27-32)31-25-28-40-44(29-31)48(43-22-12-9-19-39(43)47-40)41-20-10-3-13-33(41)34-14-4-11-21-42(34)48/h3-29H,1-2H3. The average Bonchev–Trinajstić information content (AvgIpc) is 3.43. The van der Waals surface area contributed by atoms with E-state index in [0.717, 1.165) is 0 Å². The zero-order valence-electron chi connectivity index (χ0n) is 26.9. The van der Waals surface area contributed by atoms with Crippen LogP contribution in [0, 0.1) is 0 Å². The Bertz CT molecular complexity index is 2330. The molecule has 3 aliphatic heterocycles. The molecular formula is C45H33NSSi. The third-order valence-electron chi connectivity index (χ3n) is 10.9. The van der Waals surface area contributed by atoms with Crippen LogP contribution in [0.5, 0.6) is 0 Å². The molecule has 1 spiro atoms. The molecule has 3 heteroatoms. The van der Waals surface area contributed by atoms with Crippen molar-refractivity contribution in [2.24, 2.45) is 0 Å². The highest BCUT2D eigenvalue weighted by Gasteiger charge is 2.52. The molecule has 0 radical (unpaired) electrons. The predicted molar refractivity (Wildman–Crippen MR) is 205 cm³/mol. The van der Waals surface area contributed by atoms with Crippen LogP contribution in [0.15, 0.2) is 174 Å².